The number of hydrogen-bond donors (Lipinski definition) is 2. The molecule has 0 spiro atoms. The molecular weight excluding hydrogens is 415 g/mol. The first kappa shape index (κ1) is 23.9. The maximum atomic E-state index is 5.64. The molecule has 0 aliphatic heterocycles. The Morgan fingerprint density at radius 2 is 1.67 bits per heavy atom. The number of nitrogens with one attached hydrogen (secondary N) is 2. The number of halogens is 1. The van der Waals surface area contributed by atoms with Crippen molar-refractivity contribution in [1.82, 2.24) is 15.5 Å². The Kier molecular flexibility index (Phi) is 16.3. The van der Waals surface area contributed by atoms with Gasteiger partial charge in [-0.05, 0) is 64.1 Å². The molecule has 0 amide bonds. The van der Waals surface area contributed by atoms with E-state index in [0.29, 0.717) is 0 Å². The van der Waals surface area contributed by atoms with Crippen LogP contribution < -0.4 is 10.6 Å². The van der Waals surface area contributed by atoms with E-state index in [1.807, 2.05) is 7.05 Å². The molecule has 0 aromatic carbocycles. The molecule has 5 nitrogen and oxygen atoms in total. The smallest absolute Gasteiger partial charge is 0.190 e. The van der Waals surface area contributed by atoms with Gasteiger partial charge in [-0.25, -0.2) is 0 Å². The summed E-state index contributed by atoms with van der Waals surface area (Å²) >= 11 is 0. The van der Waals surface area contributed by atoms with Gasteiger partial charge in [-0.2, -0.15) is 0 Å². The summed E-state index contributed by atoms with van der Waals surface area (Å²) in [6.45, 7) is 11.8. The molecule has 0 saturated heterocycles. The van der Waals surface area contributed by atoms with Gasteiger partial charge in [0.1, 0.15) is 0 Å². The molecule has 1 rings (SSSR count). The summed E-state index contributed by atoms with van der Waals surface area (Å²) in [4.78, 5) is 6.82. The summed E-state index contributed by atoms with van der Waals surface area (Å²) < 4.78 is 5.64. The van der Waals surface area contributed by atoms with Crippen LogP contribution in [0.4, 0.5) is 0 Å². The van der Waals surface area contributed by atoms with Crippen molar-refractivity contribution in [2.45, 2.75) is 52.4 Å². The second-order valence-electron chi connectivity index (χ2n) is 6.49. The number of ether oxygens (including phenoxy) is 1. The lowest BCUT2D eigenvalue weighted by atomic mass is 10.3. The minimum absolute atomic E-state index is 0. The van der Waals surface area contributed by atoms with E-state index in [2.05, 4.69) is 34.4 Å². The van der Waals surface area contributed by atoms with Crippen LogP contribution in [0.2, 0.25) is 0 Å². The van der Waals surface area contributed by atoms with Gasteiger partial charge in [0.25, 0.3) is 0 Å². The van der Waals surface area contributed by atoms with Crippen LogP contribution in [0.3, 0.4) is 0 Å². The fourth-order valence-corrected chi connectivity index (χ4v) is 2.61. The van der Waals surface area contributed by atoms with Crippen molar-refractivity contribution in [2.24, 2.45) is 10.9 Å². The molecule has 0 heterocycles. The highest BCUT2D eigenvalue weighted by Gasteiger charge is 2.20. The quantitative estimate of drug-likeness (QED) is 0.183. The van der Waals surface area contributed by atoms with Gasteiger partial charge in [0.15, 0.2) is 5.96 Å². The molecule has 144 valence electrons. The Morgan fingerprint density at radius 1 is 1.04 bits per heavy atom. The van der Waals surface area contributed by atoms with E-state index in [9.17, 15) is 0 Å². The summed E-state index contributed by atoms with van der Waals surface area (Å²) in [5.41, 5.74) is 0. The van der Waals surface area contributed by atoms with E-state index in [4.69, 9.17) is 4.74 Å². The second kappa shape index (κ2) is 16.4. The Hall–Kier alpha value is -0.0800. The van der Waals surface area contributed by atoms with Gasteiger partial charge in [0.05, 0.1) is 0 Å². The molecule has 0 radical (unpaired) electrons. The third-order valence-corrected chi connectivity index (χ3v) is 4.06. The average Bonchev–Trinajstić information content (AvgIpc) is 3.37. The van der Waals surface area contributed by atoms with Crippen molar-refractivity contribution in [1.29, 1.82) is 0 Å². The number of rotatable bonds is 14. The first-order valence-electron chi connectivity index (χ1n) is 9.54. The lowest BCUT2D eigenvalue weighted by Crippen LogP contribution is -2.39. The normalized spacial score (nSPS) is 14.6. The summed E-state index contributed by atoms with van der Waals surface area (Å²) in [5.74, 6) is 1.77. The van der Waals surface area contributed by atoms with Crippen molar-refractivity contribution in [3.8, 4) is 0 Å². The van der Waals surface area contributed by atoms with Crippen LogP contribution in [0, 0.1) is 5.92 Å². The number of nitrogens with zero attached hydrogens (tertiary/aromatic N) is 2. The Labute approximate surface area is 166 Å². The van der Waals surface area contributed by atoms with E-state index < -0.39 is 0 Å². The number of guanidine groups is 1. The van der Waals surface area contributed by atoms with Gasteiger partial charge in [-0.15, -0.1) is 24.0 Å². The van der Waals surface area contributed by atoms with E-state index in [0.717, 1.165) is 51.0 Å². The summed E-state index contributed by atoms with van der Waals surface area (Å²) in [6.07, 6.45) is 7.39. The van der Waals surface area contributed by atoms with Crippen molar-refractivity contribution < 1.29 is 4.74 Å². The highest BCUT2D eigenvalue weighted by Crippen LogP contribution is 2.28. The molecule has 0 unspecified atom stereocenters. The predicted octanol–water partition coefficient (Wildman–Crippen LogP) is 3.10. The molecule has 0 atom stereocenters. The highest BCUT2D eigenvalue weighted by molar-refractivity contribution is 14.0. The zero-order valence-corrected chi connectivity index (χ0v) is 18.3. The zero-order chi connectivity index (χ0) is 16.8. The topological polar surface area (TPSA) is 48.9 Å². The van der Waals surface area contributed by atoms with Crippen molar-refractivity contribution >= 4 is 29.9 Å². The molecule has 1 aliphatic carbocycles. The molecule has 1 aliphatic rings. The molecule has 0 aromatic heterocycles. The third kappa shape index (κ3) is 13.2. The Balaban J connectivity index is 0.00000529. The van der Waals surface area contributed by atoms with Crippen molar-refractivity contribution in [2.75, 3.05) is 53.0 Å². The maximum Gasteiger partial charge on any atom is 0.190 e. The van der Waals surface area contributed by atoms with Crippen LogP contribution in [0.5, 0.6) is 0 Å². The molecule has 1 saturated carbocycles. The zero-order valence-electron chi connectivity index (χ0n) is 16.0. The average molecular weight is 454 g/mol. The van der Waals surface area contributed by atoms with Gasteiger partial charge in [-0.3, -0.25) is 4.99 Å². The molecule has 2 N–H and O–H groups in total. The molecule has 24 heavy (non-hydrogen) atoms. The molecule has 6 heteroatoms. The van der Waals surface area contributed by atoms with Crippen molar-refractivity contribution in [3.05, 3.63) is 0 Å². The van der Waals surface area contributed by atoms with Crippen LogP contribution in [-0.4, -0.2) is 63.8 Å². The largest absolute Gasteiger partial charge is 0.381 e. The van der Waals surface area contributed by atoms with Crippen LogP contribution in [0.25, 0.3) is 0 Å². The van der Waals surface area contributed by atoms with Gasteiger partial charge >= 0.3 is 0 Å². The fraction of sp³-hybridized carbons (Fsp3) is 0.944. The lowest BCUT2D eigenvalue weighted by Gasteiger charge is -2.21. The molecule has 0 aromatic rings. The molecule has 0 bridgehead atoms. The Bertz CT molecular complexity index is 305. The van der Waals surface area contributed by atoms with Crippen LogP contribution in [0.1, 0.15) is 52.4 Å². The summed E-state index contributed by atoms with van der Waals surface area (Å²) in [6, 6.07) is 0. The molecular formula is C18H39IN4O. The fourth-order valence-electron chi connectivity index (χ4n) is 2.61. The number of aliphatic imine (C=N–C) groups is 1. The van der Waals surface area contributed by atoms with Gasteiger partial charge in [0, 0.05) is 33.4 Å². The highest BCUT2D eigenvalue weighted by atomic mass is 127. The van der Waals surface area contributed by atoms with Crippen LogP contribution >= 0.6 is 24.0 Å². The SMILES string of the molecule is CCCN(CCC)CCCNC(=NC)NCCCOCC1CC1.I. The monoisotopic (exact) mass is 454 g/mol. The standard InChI is InChI=1S/C18H38N4O.HI/c1-4-12-22(13-5-2)14-6-10-20-18(19-3)21-11-7-15-23-16-17-8-9-17;/h17H,4-16H2,1-3H3,(H2,19,20,21);1H. The van der Waals surface area contributed by atoms with E-state index in [1.54, 1.807) is 0 Å². The van der Waals surface area contributed by atoms with E-state index >= 15 is 0 Å². The van der Waals surface area contributed by atoms with Crippen LogP contribution in [-0.2, 0) is 4.74 Å². The molecule has 1 fully saturated rings. The van der Waals surface area contributed by atoms with Gasteiger partial charge < -0.3 is 20.3 Å². The van der Waals surface area contributed by atoms with Crippen molar-refractivity contribution in [3.63, 3.8) is 0 Å². The van der Waals surface area contributed by atoms with Crippen LogP contribution in [0.15, 0.2) is 4.99 Å². The number of hydrogen-bond acceptors (Lipinski definition) is 3. The minimum atomic E-state index is 0. The Morgan fingerprint density at radius 3 is 2.21 bits per heavy atom. The van der Waals surface area contributed by atoms with E-state index in [1.165, 1.54) is 45.3 Å². The van der Waals surface area contributed by atoms with E-state index in [-0.39, 0.29) is 24.0 Å². The van der Waals surface area contributed by atoms with Gasteiger partial charge in [0.2, 0.25) is 0 Å². The second-order valence-corrected chi connectivity index (χ2v) is 6.49. The summed E-state index contributed by atoms with van der Waals surface area (Å²) in [7, 11) is 1.83. The maximum absolute atomic E-state index is 5.64. The third-order valence-electron chi connectivity index (χ3n) is 4.06. The lowest BCUT2D eigenvalue weighted by molar-refractivity contribution is 0.123. The first-order valence-corrected chi connectivity index (χ1v) is 9.54. The minimum Gasteiger partial charge on any atom is -0.381 e. The van der Waals surface area contributed by atoms with Gasteiger partial charge in [-0.1, -0.05) is 13.8 Å². The first-order chi connectivity index (χ1) is 11.3. The summed E-state index contributed by atoms with van der Waals surface area (Å²) in [5, 5.41) is 6.76. The predicted molar refractivity (Wildman–Crippen MR) is 115 cm³/mol.